The van der Waals surface area contributed by atoms with Gasteiger partial charge in [-0.15, -0.1) is 0 Å². The quantitative estimate of drug-likeness (QED) is 0.718. The van der Waals surface area contributed by atoms with Crippen molar-refractivity contribution >= 4 is 15.9 Å². The van der Waals surface area contributed by atoms with Crippen LogP contribution in [0.2, 0.25) is 0 Å². The molecule has 12 heavy (non-hydrogen) atoms. The minimum atomic E-state index is -0.604. The highest BCUT2D eigenvalue weighted by Gasteiger charge is 2.07. The molecule has 1 aromatic rings. The van der Waals surface area contributed by atoms with Crippen molar-refractivity contribution in [2.45, 2.75) is 6.61 Å². The summed E-state index contributed by atoms with van der Waals surface area (Å²) in [4.78, 5) is 0. The Morgan fingerprint density at radius 2 is 2.00 bits per heavy atom. The summed E-state index contributed by atoms with van der Waals surface area (Å²) in [7, 11) is 1.46. The van der Waals surface area contributed by atoms with E-state index >= 15 is 0 Å². The number of hydrogen-bond donors (Lipinski definition) is 0. The van der Waals surface area contributed by atoms with E-state index in [1.165, 1.54) is 13.2 Å². The molecular formula is C8H7BrF2O. The second-order valence-corrected chi connectivity index (χ2v) is 3.15. The van der Waals surface area contributed by atoms with Crippen molar-refractivity contribution in [1.29, 1.82) is 0 Å². The van der Waals surface area contributed by atoms with E-state index in [4.69, 9.17) is 4.74 Å². The van der Waals surface area contributed by atoms with Crippen LogP contribution >= 0.6 is 15.9 Å². The van der Waals surface area contributed by atoms with Crippen LogP contribution in [0.25, 0.3) is 0 Å². The van der Waals surface area contributed by atoms with E-state index in [-0.39, 0.29) is 11.1 Å². The third kappa shape index (κ3) is 2.01. The van der Waals surface area contributed by atoms with E-state index in [1.807, 2.05) is 0 Å². The molecule has 0 aliphatic heterocycles. The molecule has 0 unspecified atom stereocenters. The van der Waals surface area contributed by atoms with Gasteiger partial charge in [0.15, 0.2) is 0 Å². The van der Waals surface area contributed by atoms with Gasteiger partial charge in [-0.1, -0.05) is 0 Å². The average Bonchev–Trinajstić information content (AvgIpc) is 2.01. The number of rotatable bonds is 2. The lowest BCUT2D eigenvalue weighted by atomic mass is 10.2. The van der Waals surface area contributed by atoms with Gasteiger partial charge >= 0.3 is 0 Å². The third-order valence-corrected chi connectivity index (χ3v) is 2.00. The zero-order chi connectivity index (χ0) is 9.14. The van der Waals surface area contributed by atoms with Gasteiger partial charge in [0.2, 0.25) is 0 Å². The molecule has 0 aliphatic carbocycles. The lowest BCUT2D eigenvalue weighted by molar-refractivity contribution is 0.181. The van der Waals surface area contributed by atoms with Crippen molar-refractivity contribution in [3.05, 3.63) is 33.8 Å². The SMILES string of the molecule is COCc1cc(Br)c(F)cc1F. The van der Waals surface area contributed by atoms with Crippen LogP contribution in [-0.2, 0) is 11.3 Å². The number of methoxy groups -OCH3 is 1. The molecule has 0 radical (unpaired) electrons. The molecule has 0 amide bonds. The molecular weight excluding hydrogens is 230 g/mol. The van der Waals surface area contributed by atoms with Crippen LogP contribution in [0.4, 0.5) is 8.78 Å². The summed E-state index contributed by atoms with van der Waals surface area (Å²) < 4.78 is 30.5. The second-order valence-electron chi connectivity index (χ2n) is 2.29. The van der Waals surface area contributed by atoms with Gasteiger partial charge in [0.1, 0.15) is 11.6 Å². The van der Waals surface area contributed by atoms with Crippen LogP contribution in [0.3, 0.4) is 0 Å². The van der Waals surface area contributed by atoms with Gasteiger partial charge in [0.05, 0.1) is 11.1 Å². The Labute approximate surface area is 77.5 Å². The number of ether oxygens (including phenoxy) is 1. The summed E-state index contributed by atoms with van der Waals surface area (Å²) in [5, 5.41) is 0. The van der Waals surface area contributed by atoms with E-state index < -0.39 is 11.6 Å². The summed E-state index contributed by atoms with van der Waals surface area (Å²) in [5.74, 6) is -1.19. The normalized spacial score (nSPS) is 10.3. The van der Waals surface area contributed by atoms with Crippen LogP contribution in [0, 0.1) is 11.6 Å². The van der Waals surface area contributed by atoms with Gasteiger partial charge in [0, 0.05) is 18.7 Å². The van der Waals surface area contributed by atoms with Gasteiger partial charge in [-0.05, 0) is 22.0 Å². The molecule has 0 atom stereocenters. The molecule has 0 heterocycles. The van der Waals surface area contributed by atoms with E-state index in [0.29, 0.717) is 5.56 Å². The summed E-state index contributed by atoms with van der Waals surface area (Å²) in [6.07, 6.45) is 0. The van der Waals surface area contributed by atoms with Gasteiger partial charge in [0.25, 0.3) is 0 Å². The Bertz CT molecular complexity index is 289. The number of hydrogen-bond acceptors (Lipinski definition) is 1. The minimum Gasteiger partial charge on any atom is -0.380 e. The summed E-state index contributed by atoms with van der Waals surface area (Å²) >= 11 is 2.95. The molecule has 0 saturated heterocycles. The van der Waals surface area contributed by atoms with E-state index in [9.17, 15) is 8.78 Å². The van der Waals surface area contributed by atoms with Crippen molar-refractivity contribution in [3.8, 4) is 0 Å². The van der Waals surface area contributed by atoms with Crippen molar-refractivity contribution in [2.24, 2.45) is 0 Å². The molecule has 0 bridgehead atoms. The monoisotopic (exact) mass is 236 g/mol. The molecule has 1 rings (SSSR count). The maximum atomic E-state index is 12.9. The Morgan fingerprint density at radius 1 is 1.33 bits per heavy atom. The lowest BCUT2D eigenvalue weighted by Crippen LogP contribution is -1.94. The fourth-order valence-electron chi connectivity index (χ4n) is 0.830. The Kier molecular flexibility index (Phi) is 3.17. The predicted molar refractivity (Wildman–Crippen MR) is 44.8 cm³/mol. The Hall–Kier alpha value is -0.480. The standard InChI is InChI=1S/C8H7BrF2O/c1-12-4-5-2-6(9)8(11)3-7(5)10/h2-3H,4H2,1H3. The highest BCUT2D eigenvalue weighted by molar-refractivity contribution is 9.10. The molecule has 0 spiro atoms. The van der Waals surface area contributed by atoms with Crippen molar-refractivity contribution in [3.63, 3.8) is 0 Å². The molecule has 0 N–H and O–H groups in total. The topological polar surface area (TPSA) is 9.23 Å². The predicted octanol–water partition coefficient (Wildman–Crippen LogP) is 2.87. The van der Waals surface area contributed by atoms with Gasteiger partial charge in [-0.3, -0.25) is 0 Å². The lowest BCUT2D eigenvalue weighted by Gasteiger charge is -2.02. The fraction of sp³-hybridized carbons (Fsp3) is 0.250. The number of halogens is 3. The number of benzene rings is 1. The first-order chi connectivity index (χ1) is 5.65. The molecule has 0 saturated carbocycles. The van der Waals surface area contributed by atoms with Crippen molar-refractivity contribution in [2.75, 3.05) is 7.11 Å². The van der Waals surface area contributed by atoms with Gasteiger partial charge in [-0.25, -0.2) is 8.78 Å². The zero-order valence-electron chi connectivity index (χ0n) is 6.40. The van der Waals surface area contributed by atoms with Crippen LogP contribution in [-0.4, -0.2) is 7.11 Å². The minimum absolute atomic E-state index is 0.144. The molecule has 1 aromatic carbocycles. The first kappa shape index (κ1) is 9.61. The summed E-state index contributed by atoms with van der Waals surface area (Å²) in [6, 6.07) is 2.20. The smallest absolute Gasteiger partial charge is 0.140 e. The largest absolute Gasteiger partial charge is 0.380 e. The van der Waals surface area contributed by atoms with Crippen LogP contribution in [0.1, 0.15) is 5.56 Å². The fourth-order valence-corrected chi connectivity index (χ4v) is 1.22. The first-order valence-corrected chi connectivity index (χ1v) is 4.07. The van der Waals surface area contributed by atoms with Crippen molar-refractivity contribution in [1.82, 2.24) is 0 Å². The molecule has 4 heteroatoms. The molecule has 0 fully saturated rings. The van der Waals surface area contributed by atoms with Crippen LogP contribution < -0.4 is 0 Å². The average molecular weight is 237 g/mol. The van der Waals surface area contributed by atoms with E-state index in [2.05, 4.69) is 15.9 Å². The van der Waals surface area contributed by atoms with Crippen molar-refractivity contribution < 1.29 is 13.5 Å². The highest BCUT2D eigenvalue weighted by atomic mass is 79.9. The van der Waals surface area contributed by atoms with E-state index in [0.717, 1.165) is 6.07 Å². The maximum absolute atomic E-state index is 12.9. The molecule has 0 aliphatic rings. The highest BCUT2D eigenvalue weighted by Crippen LogP contribution is 2.20. The van der Waals surface area contributed by atoms with E-state index in [1.54, 1.807) is 0 Å². The Morgan fingerprint density at radius 3 is 2.58 bits per heavy atom. The maximum Gasteiger partial charge on any atom is 0.140 e. The molecule has 66 valence electrons. The molecule has 1 nitrogen and oxygen atoms in total. The molecule has 0 aromatic heterocycles. The second kappa shape index (κ2) is 3.96. The summed E-state index contributed by atoms with van der Waals surface area (Å²) in [6.45, 7) is 0.144. The zero-order valence-corrected chi connectivity index (χ0v) is 7.99. The summed E-state index contributed by atoms with van der Waals surface area (Å²) in [5.41, 5.74) is 0.339. The third-order valence-electron chi connectivity index (χ3n) is 1.39. The Balaban J connectivity index is 3.05. The van der Waals surface area contributed by atoms with Gasteiger partial charge < -0.3 is 4.74 Å². The van der Waals surface area contributed by atoms with Crippen LogP contribution in [0.5, 0.6) is 0 Å². The first-order valence-electron chi connectivity index (χ1n) is 3.27. The van der Waals surface area contributed by atoms with Gasteiger partial charge in [-0.2, -0.15) is 0 Å². The van der Waals surface area contributed by atoms with Crippen LogP contribution in [0.15, 0.2) is 16.6 Å².